The van der Waals surface area contributed by atoms with Crippen molar-refractivity contribution in [1.29, 1.82) is 0 Å². The molecular weight excluding hydrogens is 415 g/mol. The van der Waals surface area contributed by atoms with Gasteiger partial charge in [-0.1, -0.05) is 12.1 Å². The fourth-order valence-corrected chi connectivity index (χ4v) is 4.43. The lowest BCUT2D eigenvalue weighted by atomic mass is 10.1. The van der Waals surface area contributed by atoms with Crippen LogP contribution in [0, 0.1) is 5.82 Å². The van der Waals surface area contributed by atoms with Crippen molar-refractivity contribution in [3.8, 4) is 0 Å². The van der Waals surface area contributed by atoms with Gasteiger partial charge in [0.15, 0.2) is 0 Å². The largest absolute Gasteiger partial charge is 0.368 e. The van der Waals surface area contributed by atoms with Crippen molar-refractivity contribution >= 4 is 28.8 Å². The van der Waals surface area contributed by atoms with E-state index in [1.165, 1.54) is 23.5 Å². The van der Waals surface area contributed by atoms with E-state index in [1.807, 2.05) is 22.4 Å². The molecule has 2 amide bonds. The minimum atomic E-state index is -0.440. The molecule has 31 heavy (non-hydrogen) atoms. The Morgan fingerprint density at radius 2 is 1.68 bits per heavy atom. The quantitative estimate of drug-likeness (QED) is 0.642. The third-order valence-corrected chi connectivity index (χ3v) is 6.25. The molecular formula is C23H23FN4O2S. The highest BCUT2D eigenvalue weighted by Gasteiger charge is 2.22. The summed E-state index contributed by atoms with van der Waals surface area (Å²) in [5.74, 6) is -0.621. The summed E-state index contributed by atoms with van der Waals surface area (Å²) in [5, 5.41) is 2.84. The number of benzene rings is 2. The van der Waals surface area contributed by atoms with E-state index in [0.717, 1.165) is 35.0 Å². The molecule has 0 bridgehead atoms. The molecule has 1 aliphatic heterocycles. The third-order valence-electron chi connectivity index (χ3n) is 5.35. The Kier molecular flexibility index (Phi) is 6.27. The summed E-state index contributed by atoms with van der Waals surface area (Å²) in [7, 11) is 0. The van der Waals surface area contributed by atoms with E-state index in [2.05, 4.69) is 9.88 Å². The molecule has 0 radical (unpaired) electrons. The fourth-order valence-electron chi connectivity index (χ4n) is 3.61. The van der Waals surface area contributed by atoms with Crippen LogP contribution in [0.2, 0.25) is 0 Å². The molecule has 0 aliphatic carbocycles. The summed E-state index contributed by atoms with van der Waals surface area (Å²) in [5.41, 5.74) is 8.56. The molecule has 1 aliphatic rings. The lowest BCUT2D eigenvalue weighted by molar-refractivity contribution is -0.130. The van der Waals surface area contributed by atoms with E-state index in [-0.39, 0.29) is 18.1 Å². The Morgan fingerprint density at radius 3 is 2.32 bits per heavy atom. The number of amides is 2. The van der Waals surface area contributed by atoms with Crippen LogP contribution in [0.1, 0.15) is 26.6 Å². The maximum atomic E-state index is 13.0. The number of anilines is 1. The maximum absolute atomic E-state index is 13.0. The number of carbonyl (C=O) groups excluding carboxylic acids is 2. The highest BCUT2D eigenvalue weighted by Crippen LogP contribution is 2.19. The van der Waals surface area contributed by atoms with Crippen molar-refractivity contribution in [2.45, 2.75) is 12.8 Å². The zero-order valence-corrected chi connectivity index (χ0v) is 17.8. The van der Waals surface area contributed by atoms with Crippen molar-refractivity contribution in [1.82, 2.24) is 9.88 Å². The van der Waals surface area contributed by atoms with E-state index in [0.29, 0.717) is 25.1 Å². The molecule has 0 saturated carbocycles. The number of hydrogen-bond acceptors (Lipinski definition) is 5. The van der Waals surface area contributed by atoms with E-state index >= 15 is 0 Å². The number of primary amides is 1. The second-order valence-corrected chi connectivity index (χ2v) is 8.43. The van der Waals surface area contributed by atoms with Gasteiger partial charge in [-0.15, -0.1) is 11.3 Å². The lowest BCUT2D eigenvalue weighted by Crippen LogP contribution is -2.49. The Morgan fingerprint density at radius 1 is 1.00 bits per heavy atom. The molecule has 4 rings (SSSR count). The third kappa shape index (κ3) is 5.27. The summed E-state index contributed by atoms with van der Waals surface area (Å²) < 4.78 is 13.0. The Bertz CT molecular complexity index is 1060. The predicted octanol–water partition coefficient (Wildman–Crippen LogP) is 2.86. The molecule has 1 aromatic heterocycles. The molecule has 2 aromatic carbocycles. The average molecular weight is 439 g/mol. The number of halogens is 1. The summed E-state index contributed by atoms with van der Waals surface area (Å²) in [6.45, 7) is 2.75. The van der Waals surface area contributed by atoms with Crippen LogP contribution in [-0.2, 0) is 17.6 Å². The summed E-state index contributed by atoms with van der Waals surface area (Å²) in [6, 6.07) is 13.6. The first-order valence-electron chi connectivity index (χ1n) is 10.1. The van der Waals surface area contributed by atoms with Crippen LogP contribution in [0.3, 0.4) is 0 Å². The van der Waals surface area contributed by atoms with Gasteiger partial charge in [-0.3, -0.25) is 9.59 Å². The lowest BCUT2D eigenvalue weighted by Gasteiger charge is -2.36. The minimum absolute atomic E-state index is 0.0716. The van der Waals surface area contributed by atoms with Crippen LogP contribution < -0.4 is 10.6 Å². The second-order valence-electron chi connectivity index (χ2n) is 7.49. The van der Waals surface area contributed by atoms with Crippen LogP contribution in [-0.4, -0.2) is 47.9 Å². The van der Waals surface area contributed by atoms with Gasteiger partial charge in [0.1, 0.15) is 5.82 Å². The normalized spacial score (nSPS) is 14.0. The van der Waals surface area contributed by atoms with E-state index < -0.39 is 5.91 Å². The van der Waals surface area contributed by atoms with Crippen LogP contribution in [0.25, 0.3) is 0 Å². The van der Waals surface area contributed by atoms with Gasteiger partial charge in [-0.25, -0.2) is 9.37 Å². The Labute approximate surface area is 184 Å². The van der Waals surface area contributed by atoms with Gasteiger partial charge in [0, 0.05) is 49.2 Å². The number of thiazole rings is 1. The van der Waals surface area contributed by atoms with Gasteiger partial charge < -0.3 is 15.5 Å². The van der Waals surface area contributed by atoms with Gasteiger partial charge in [0.2, 0.25) is 11.8 Å². The zero-order valence-electron chi connectivity index (χ0n) is 17.0. The number of hydrogen-bond donors (Lipinski definition) is 1. The van der Waals surface area contributed by atoms with Crippen molar-refractivity contribution in [2.24, 2.45) is 5.73 Å². The first-order valence-corrected chi connectivity index (χ1v) is 11.0. The second kappa shape index (κ2) is 9.26. The number of nitrogens with zero attached hydrogens (tertiary/aromatic N) is 3. The molecule has 1 fully saturated rings. The number of carbonyl (C=O) groups is 2. The average Bonchev–Trinajstić information content (AvgIpc) is 3.22. The fraction of sp³-hybridized carbons (Fsp3) is 0.261. The Balaban J connectivity index is 1.28. The monoisotopic (exact) mass is 438 g/mol. The molecule has 2 heterocycles. The highest BCUT2D eigenvalue weighted by atomic mass is 32.1. The molecule has 2 N–H and O–H groups in total. The van der Waals surface area contributed by atoms with Crippen molar-refractivity contribution in [3.63, 3.8) is 0 Å². The summed E-state index contributed by atoms with van der Waals surface area (Å²) in [6.07, 6.45) is 0.916. The topological polar surface area (TPSA) is 79.5 Å². The smallest absolute Gasteiger partial charge is 0.248 e. The molecule has 0 atom stereocenters. The first kappa shape index (κ1) is 21.0. The van der Waals surface area contributed by atoms with Crippen molar-refractivity contribution < 1.29 is 14.0 Å². The van der Waals surface area contributed by atoms with Crippen LogP contribution in [0.5, 0.6) is 0 Å². The molecule has 8 heteroatoms. The molecule has 1 saturated heterocycles. The molecule has 3 aromatic rings. The van der Waals surface area contributed by atoms with Gasteiger partial charge in [-0.05, 0) is 42.0 Å². The zero-order chi connectivity index (χ0) is 21.8. The number of piperazine rings is 1. The summed E-state index contributed by atoms with van der Waals surface area (Å²) in [4.78, 5) is 32.6. The van der Waals surface area contributed by atoms with Crippen LogP contribution >= 0.6 is 11.3 Å². The highest BCUT2D eigenvalue weighted by molar-refractivity contribution is 7.09. The SMILES string of the molecule is NC(=O)c1ccc(N2CCN(C(=O)Cc3csc(Cc4ccc(F)cc4)n3)CC2)cc1. The van der Waals surface area contributed by atoms with Gasteiger partial charge in [0.25, 0.3) is 0 Å². The minimum Gasteiger partial charge on any atom is -0.368 e. The van der Waals surface area contributed by atoms with Gasteiger partial charge in [-0.2, -0.15) is 0 Å². The van der Waals surface area contributed by atoms with Crippen molar-refractivity contribution in [3.05, 3.63) is 81.6 Å². The molecule has 0 unspecified atom stereocenters. The van der Waals surface area contributed by atoms with E-state index in [9.17, 15) is 14.0 Å². The molecule has 0 spiro atoms. The van der Waals surface area contributed by atoms with Crippen molar-refractivity contribution in [2.75, 3.05) is 31.1 Å². The molecule has 160 valence electrons. The predicted molar refractivity (Wildman–Crippen MR) is 119 cm³/mol. The number of rotatable bonds is 6. The summed E-state index contributed by atoms with van der Waals surface area (Å²) >= 11 is 1.52. The van der Waals surface area contributed by atoms with Gasteiger partial charge >= 0.3 is 0 Å². The van der Waals surface area contributed by atoms with E-state index in [1.54, 1.807) is 24.3 Å². The van der Waals surface area contributed by atoms with Crippen LogP contribution in [0.15, 0.2) is 53.9 Å². The van der Waals surface area contributed by atoms with Crippen LogP contribution in [0.4, 0.5) is 10.1 Å². The maximum Gasteiger partial charge on any atom is 0.248 e. The van der Waals surface area contributed by atoms with E-state index in [4.69, 9.17) is 5.73 Å². The number of aromatic nitrogens is 1. The standard InChI is InChI=1S/C23H23FN4O2S/c24-18-5-1-16(2-6-18)13-21-26-19(15-31-21)14-22(29)28-11-9-27(10-12-28)20-7-3-17(4-8-20)23(25)30/h1-8,15H,9-14H2,(H2,25,30). The first-order chi connectivity index (χ1) is 15.0. The number of nitrogens with two attached hydrogens (primary N) is 1. The Hall–Kier alpha value is -3.26. The van der Waals surface area contributed by atoms with Gasteiger partial charge in [0.05, 0.1) is 17.1 Å². The molecule has 6 nitrogen and oxygen atoms in total.